The van der Waals surface area contributed by atoms with Crippen molar-refractivity contribution in [2.45, 2.75) is 18.9 Å². The smallest absolute Gasteiger partial charge is 0.222 e. The fourth-order valence-corrected chi connectivity index (χ4v) is 1.28. The first-order valence-electron chi connectivity index (χ1n) is 4.16. The van der Waals surface area contributed by atoms with Gasteiger partial charge in [0.25, 0.3) is 0 Å². The normalized spacial score (nSPS) is 27.6. The van der Waals surface area contributed by atoms with Gasteiger partial charge in [0.15, 0.2) is 0 Å². The molecule has 3 heteroatoms. The second-order valence-corrected chi connectivity index (χ2v) is 3.39. The van der Waals surface area contributed by atoms with Crippen LogP contribution >= 0.6 is 0 Å². The molecular weight excluding hydrogens is 154 g/mol. The predicted octanol–water partition coefficient (Wildman–Crippen LogP) is 0.402. The molecule has 0 radical (unpaired) electrons. The van der Waals surface area contributed by atoms with E-state index in [9.17, 15) is 9.90 Å². The zero-order chi connectivity index (χ0) is 9.14. The Balaban J connectivity index is 2.40. The number of carbonyl (C=O) groups excluding carboxylic acids is 1. The zero-order valence-corrected chi connectivity index (χ0v) is 7.53. The van der Waals surface area contributed by atoms with Crippen molar-refractivity contribution >= 4 is 5.91 Å². The van der Waals surface area contributed by atoms with Crippen molar-refractivity contribution in [1.29, 1.82) is 0 Å². The van der Waals surface area contributed by atoms with Gasteiger partial charge in [0.1, 0.15) is 0 Å². The minimum Gasteiger partial charge on any atom is -0.392 e. The van der Waals surface area contributed by atoms with Crippen LogP contribution in [-0.4, -0.2) is 36.1 Å². The van der Waals surface area contributed by atoms with Gasteiger partial charge in [0, 0.05) is 26.4 Å². The van der Waals surface area contributed by atoms with Crippen LogP contribution in [0.3, 0.4) is 0 Å². The maximum absolute atomic E-state index is 11.2. The van der Waals surface area contributed by atoms with E-state index in [0.29, 0.717) is 12.8 Å². The van der Waals surface area contributed by atoms with Gasteiger partial charge in [-0.25, -0.2) is 0 Å². The van der Waals surface area contributed by atoms with E-state index in [1.807, 2.05) is 12.2 Å². The van der Waals surface area contributed by atoms with E-state index >= 15 is 0 Å². The number of amides is 1. The van der Waals surface area contributed by atoms with Crippen LogP contribution in [0.15, 0.2) is 12.2 Å². The van der Waals surface area contributed by atoms with E-state index in [-0.39, 0.29) is 17.9 Å². The van der Waals surface area contributed by atoms with Crippen LogP contribution in [0.1, 0.15) is 12.8 Å². The number of hydrogen-bond acceptors (Lipinski definition) is 2. The molecule has 0 spiro atoms. The van der Waals surface area contributed by atoms with Gasteiger partial charge >= 0.3 is 0 Å². The molecule has 0 aromatic heterocycles. The highest BCUT2D eigenvalue weighted by Crippen LogP contribution is 2.21. The van der Waals surface area contributed by atoms with Crippen molar-refractivity contribution in [1.82, 2.24) is 4.90 Å². The van der Waals surface area contributed by atoms with Gasteiger partial charge < -0.3 is 10.0 Å². The van der Waals surface area contributed by atoms with E-state index in [2.05, 4.69) is 0 Å². The molecule has 1 aliphatic rings. The van der Waals surface area contributed by atoms with Gasteiger partial charge in [-0.2, -0.15) is 0 Å². The first-order valence-corrected chi connectivity index (χ1v) is 4.16. The number of rotatable bonds is 2. The Bertz CT molecular complexity index is 199. The highest BCUT2D eigenvalue weighted by molar-refractivity contribution is 5.76. The molecule has 0 fully saturated rings. The Labute approximate surface area is 72.7 Å². The number of nitrogens with zero attached hydrogens (tertiary/aromatic N) is 1. The second-order valence-electron chi connectivity index (χ2n) is 3.39. The summed E-state index contributed by atoms with van der Waals surface area (Å²) in [6, 6.07) is 0. The molecule has 0 aromatic carbocycles. The molecule has 1 rings (SSSR count). The highest BCUT2D eigenvalue weighted by atomic mass is 16.3. The summed E-state index contributed by atoms with van der Waals surface area (Å²) in [5.41, 5.74) is 0. The molecule has 3 nitrogen and oxygen atoms in total. The minimum atomic E-state index is -0.353. The number of aliphatic hydroxyl groups is 1. The highest BCUT2D eigenvalue weighted by Gasteiger charge is 2.23. The lowest BCUT2D eigenvalue weighted by molar-refractivity contribution is -0.130. The van der Waals surface area contributed by atoms with Crippen molar-refractivity contribution in [2.24, 2.45) is 5.92 Å². The third-order valence-electron chi connectivity index (χ3n) is 2.16. The fraction of sp³-hybridized carbons (Fsp3) is 0.667. The van der Waals surface area contributed by atoms with Gasteiger partial charge in [-0.15, -0.1) is 0 Å². The maximum atomic E-state index is 11.2. The molecule has 0 bridgehead atoms. The van der Waals surface area contributed by atoms with E-state index in [1.54, 1.807) is 19.0 Å². The summed E-state index contributed by atoms with van der Waals surface area (Å²) >= 11 is 0. The van der Waals surface area contributed by atoms with Crippen LogP contribution in [0, 0.1) is 5.92 Å². The molecule has 1 amide bonds. The molecule has 1 aliphatic carbocycles. The summed E-state index contributed by atoms with van der Waals surface area (Å²) in [6.45, 7) is 0. The summed E-state index contributed by atoms with van der Waals surface area (Å²) in [5, 5.41) is 9.39. The first kappa shape index (κ1) is 9.26. The van der Waals surface area contributed by atoms with Crippen molar-refractivity contribution in [3.8, 4) is 0 Å². The van der Waals surface area contributed by atoms with Gasteiger partial charge in [0.05, 0.1) is 6.10 Å². The van der Waals surface area contributed by atoms with Crippen LogP contribution in [0.25, 0.3) is 0 Å². The molecule has 0 aliphatic heterocycles. The summed E-state index contributed by atoms with van der Waals surface area (Å²) < 4.78 is 0. The number of aliphatic hydroxyl groups excluding tert-OH is 1. The lowest BCUT2D eigenvalue weighted by Crippen LogP contribution is -2.26. The number of carbonyl (C=O) groups is 1. The van der Waals surface area contributed by atoms with Crippen molar-refractivity contribution < 1.29 is 9.90 Å². The quantitative estimate of drug-likeness (QED) is 0.608. The summed E-state index contributed by atoms with van der Waals surface area (Å²) in [6.07, 6.45) is 4.61. The van der Waals surface area contributed by atoms with Crippen LogP contribution in [-0.2, 0) is 4.79 Å². The Morgan fingerprint density at radius 1 is 1.67 bits per heavy atom. The molecule has 0 saturated heterocycles. The van der Waals surface area contributed by atoms with Gasteiger partial charge in [-0.05, 0) is 6.42 Å². The topological polar surface area (TPSA) is 40.5 Å². The Kier molecular flexibility index (Phi) is 2.87. The van der Waals surface area contributed by atoms with E-state index < -0.39 is 0 Å². The summed E-state index contributed by atoms with van der Waals surface area (Å²) in [4.78, 5) is 12.8. The van der Waals surface area contributed by atoms with E-state index in [4.69, 9.17) is 0 Å². The molecule has 1 N–H and O–H groups in total. The molecule has 2 atom stereocenters. The molecule has 0 saturated carbocycles. The molecular formula is C9H15NO2. The Morgan fingerprint density at radius 2 is 2.33 bits per heavy atom. The average Bonchev–Trinajstić information content (AvgIpc) is 2.36. The van der Waals surface area contributed by atoms with E-state index in [1.165, 1.54) is 0 Å². The van der Waals surface area contributed by atoms with Crippen molar-refractivity contribution in [3.63, 3.8) is 0 Å². The Morgan fingerprint density at radius 3 is 2.75 bits per heavy atom. The summed E-state index contributed by atoms with van der Waals surface area (Å²) in [7, 11) is 3.46. The number of hydrogen-bond donors (Lipinski definition) is 1. The average molecular weight is 169 g/mol. The fourth-order valence-electron chi connectivity index (χ4n) is 1.28. The van der Waals surface area contributed by atoms with Crippen LogP contribution in [0.4, 0.5) is 0 Å². The summed E-state index contributed by atoms with van der Waals surface area (Å²) in [5.74, 6) is 0.102. The molecule has 2 unspecified atom stereocenters. The third kappa shape index (κ3) is 2.08. The van der Waals surface area contributed by atoms with Crippen LogP contribution < -0.4 is 0 Å². The van der Waals surface area contributed by atoms with Crippen LogP contribution in [0.2, 0.25) is 0 Å². The second kappa shape index (κ2) is 3.72. The van der Waals surface area contributed by atoms with Gasteiger partial charge in [-0.1, -0.05) is 12.2 Å². The van der Waals surface area contributed by atoms with Gasteiger partial charge in [0.2, 0.25) is 5.91 Å². The predicted molar refractivity (Wildman–Crippen MR) is 46.6 cm³/mol. The monoisotopic (exact) mass is 169 g/mol. The molecule has 12 heavy (non-hydrogen) atoms. The standard InChI is InChI=1S/C9H15NO2/c1-10(2)9(12)6-7-4-3-5-8(7)11/h3-4,7-8,11H,5-6H2,1-2H3. The largest absolute Gasteiger partial charge is 0.392 e. The zero-order valence-electron chi connectivity index (χ0n) is 7.53. The van der Waals surface area contributed by atoms with Crippen molar-refractivity contribution in [3.05, 3.63) is 12.2 Å². The first-order chi connectivity index (χ1) is 5.61. The SMILES string of the molecule is CN(C)C(=O)CC1C=CCC1O. The minimum absolute atomic E-state index is 0.0277. The maximum Gasteiger partial charge on any atom is 0.222 e. The molecule has 68 valence electrons. The molecule has 0 heterocycles. The lowest BCUT2D eigenvalue weighted by Gasteiger charge is -2.16. The third-order valence-corrected chi connectivity index (χ3v) is 2.16. The van der Waals surface area contributed by atoms with Crippen LogP contribution in [0.5, 0.6) is 0 Å². The lowest BCUT2D eigenvalue weighted by atomic mass is 10.0. The van der Waals surface area contributed by atoms with Gasteiger partial charge in [-0.3, -0.25) is 4.79 Å². The molecule has 0 aromatic rings. The van der Waals surface area contributed by atoms with Crippen molar-refractivity contribution in [2.75, 3.05) is 14.1 Å². The van der Waals surface area contributed by atoms with E-state index in [0.717, 1.165) is 0 Å². The Hall–Kier alpha value is -0.830.